The molecule has 57 heavy (non-hydrogen) atoms. The summed E-state index contributed by atoms with van der Waals surface area (Å²) in [6, 6.07) is -6.50. The minimum Gasteiger partial charge on any atom is -0.394 e. The normalized spacial score (nSPS) is 16.8. The van der Waals surface area contributed by atoms with Gasteiger partial charge in [0.2, 0.25) is 41.4 Å². The third-order valence-corrected chi connectivity index (χ3v) is 9.98. The van der Waals surface area contributed by atoms with Crippen LogP contribution in [0.15, 0.2) is 4.99 Å². The van der Waals surface area contributed by atoms with Crippen LogP contribution in [0.3, 0.4) is 0 Å². The number of amides is 7. The molecule has 1 aliphatic carbocycles. The largest absolute Gasteiger partial charge is 0.394 e. The van der Waals surface area contributed by atoms with Crippen molar-refractivity contribution in [3.05, 3.63) is 0 Å². The first-order valence-electron chi connectivity index (χ1n) is 20.3. The number of rotatable bonds is 26. The van der Waals surface area contributed by atoms with Gasteiger partial charge in [0.05, 0.1) is 13.2 Å². The number of hydrogen-bond acceptors (Lipinski definition) is 10. The van der Waals surface area contributed by atoms with Crippen LogP contribution in [0, 0.1) is 23.7 Å². The van der Waals surface area contributed by atoms with Crippen molar-refractivity contribution < 1.29 is 38.7 Å². The van der Waals surface area contributed by atoms with Gasteiger partial charge in [-0.25, -0.2) is 0 Å². The van der Waals surface area contributed by atoms with E-state index in [0.29, 0.717) is 12.8 Å². The fourth-order valence-corrected chi connectivity index (χ4v) is 6.57. The molecular weight excluding hydrogens is 738 g/mol. The quantitative estimate of drug-likeness (QED) is 0.0271. The predicted octanol–water partition coefficient (Wildman–Crippen LogP) is -1.51. The Morgan fingerprint density at radius 2 is 1.23 bits per heavy atom. The lowest BCUT2D eigenvalue weighted by Gasteiger charge is -2.28. The van der Waals surface area contributed by atoms with Gasteiger partial charge in [0.25, 0.3) is 0 Å². The van der Waals surface area contributed by atoms with Crippen molar-refractivity contribution >= 4 is 47.3 Å². The van der Waals surface area contributed by atoms with Gasteiger partial charge in [-0.15, -0.1) is 0 Å². The number of aliphatic imine (C=N–C) groups is 1. The van der Waals surface area contributed by atoms with Gasteiger partial charge >= 0.3 is 0 Å². The van der Waals surface area contributed by atoms with Crippen LogP contribution in [0.5, 0.6) is 0 Å². The second-order valence-corrected chi connectivity index (χ2v) is 16.0. The highest BCUT2D eigenvalue weighted by atomic mass is 16.3. The first-order chi connectivity index (χ1) is 26.8. The van der Waals surface area contributed by atoms with E-state index in [1.165, 1.54) is 0 Å². The minimum absolute atomic E-state index is 0.0241. The average molecular weight is 810 g/mol. The second kappa shape index (κ2) is 26.4. The fraction of sp³-hybridized carbons (Fsp3) is 0.789. The standard InChI is InChI=1S/C38H71N11O8/c1-7-23(6)31(49-36(56)29(17-22(4)5)47-33(53)25(39)20-50)37(57)44-19-30(51)45-26(14-11-15-43-38(41)42)34(54)48-28(16-21(2)3)35(55)46-27(32(40)52)18-24-12-9-8-10-13-24/h21-29,31,50H,7-20,39H2,1-6H3,(H2,40,52)(H,44,57)(H,45,51)(H,46,55)(H,47,53)(H,48,54)(H,49,56)(H4,41,42,43)/t23-,25-,26-,27-,28-,29-,31-/m0/s1. The molecule has 0 aromatic carbocycles. The Hall–Kier alpha value is -4.52. The molecule has 1 aliphatic rings. The lowest BCUT2D eigenvalue weighted by Crippen LogP contribution is -2.59. The van der Waals surface area contributed by atoms with Crippen molar-refractivity contribution in [2.45, 2.75) is 148 Å². The van der Waals surface area contributed by atoms with Crippen LogP contribution in [0.4, 0.5) is 0 Å². The SMILES string of the molecule is CC[C@H](C)[C@H](NC(=O)[C@H](CC(C)C)NC(=O)[C@@H](N)CO)C(=O)NCC(=O)N[C@@H](CCCN=C(N)N)C(=O)N[C@@H](CC(C)C)C(=O)N[C@@H](CC1CCCCC1)C(N)=O. The minimum atomic E-state index is -1.24. The lowest BCUT2D eigenvalue weighted by molar-refractivity contribution is -0.135. The monoisotopic (exact) mass is 810 g/mol. The molecule has 0 heterocycles. The molecule has 7 atom stereocenters. The summed E-state index contributed by atoms with van der Waals surface area (Å²) in [7, 11) is 0. The Bertz CT molecular complexity index is 1350. The van der Waals surface area contributed by atoms with Crippen LogP contribution in [0.25, 0.3) is 0 Å². The van der Waals surface area contributed by atoms with Crippen LogP contribution in [-0.2, 0) is 33.6 Å². The Balaban J connectivity index is 3.13. The summed E-state index contributed by atoms with van der Waals surface area (Å²) in [6.45, 7) is 9.98. The number of guanidine groups is 1. The maximum atomic E-state index is 13.7. The summed E-state index contributed by atoms with van der Waals surface area (Å²) in [4.78, 5) is 96.1. The zero-order valence-electron chi connectivity index (χ0n) is 34.7. The molecule has 15 N–H and O–H groups in total. The fourth-order valence-electron chi connectivity index (χ4n) is 6.57. The number of aliphatic hydroxyl groups excluding tert-OH is 1. The molecule has 0 radical (unpaired) electrons. The molecular formula is C38H71N11O8. The van der Waals surface area contributed by atoms with E-state index >= 15 is 0 Å². The van der Waals surface area contributed by atoms with E-state index < -0.39 is 90.8 Å². The molecule has 1 saturated carbocycles. The maximum absolute atomic E-state index is 13.7. The Kier molecular flexibility index (Phi) is 23.4. The molecule has 19 nitrogen and oxygen atoms in total. The Morgan fingerprint density at radius 1 is 0.702 bits per heavy atom. The molecule has 0 aromatic rings. The van der Waals surface area contributed by atoms with Crippen molar-refractivity contribution in [3.63, 3.8) is 0 Å². The molecule has 326 valence electrons. The zero-order chi connectivity index (χ0) is 43.2. The van der Waals surface area contributed by atoms with Gasteiger partial charge in [0, 0.05) is 6.54 Å². The van der Waals surface area contributed by atoms with E-state index in [-0.39, 0.29) is 61.9 Å². The van der Waals surface area contributed by atoms with E-state index in [1.807, 2.05) is 34.6 Å². The van der Waals surface area contributed by atoms with Crippen LogP contribution in [0.2, 0.25) is 0 Å². The number of nitrogens with zero attached hydrogens (tertiary/aromatic N) is 1. The third-order valence-electron chi connectivity index (χ3n) is 9.98. The number of carbonyl (C=O) groups excluding carboxylic acids is 7. The molecule has 0 bridgehead atoms. The van der Waals surface area contributed by atoms with Crippen molar-refractivity contribution in [2.24, 2.45) is 51.6 Å². The number of aliphatic hydroxyl groups is 1. The zero-order valence-corrected chi connectivity index (χ0v) is 34.7. The third kappa shape index (κ3) is 20.0. The summed E-state index contributed by atoms with van der Waals surface area (Å²) < 4.78 is 0. The topological polar surface area (TPSA) is 328 Å². The van der Waals surface area contributed by atoms with Crippen molar-refractivity contribution in [3.8, 4) is 0 Å². The van der Waals surface area contributed by atoms with E-state index in [2.05, 4.69) is 36.9 Å². The van der Waals surface area contributed by atoms with Gasteiger partial charge in [0.15, 0.2) is 5.96 Å². The summed E-state index contributed by atoms with van der Waals surface area (Å²) in [5.74, 6) is -5.01. The number of nitrogens with two attached hydrogens (primary N) is 4. The van der Waals surface area contributed by atoms with Gasteiger partial charge in [-0.2, -0.15) is 0 Å². The van der Waals surface area contributed by atoms with Crippen molar-refractivity contribution in [1.29, 1.82) is 0 Å². The predicted molar refractivity (Wildman–Crippen MR) is 216 cm³/mol. The molecule has 1 fully saturated rings. The van der Waals surface area contributed by atoms with Crippen molar-refractivity contribution in [1.82, 2.24) is 31.9 Å². The molecule has 0 unspecified atom stereocenters. The number of primary amides is 1. The van der Waals surface area contributed by atoms with Crippen LogP contribution < -0.4 is 54.8 Å². The number of nitrogens with one attached hydrogen (secondary N) is 6. The van der Waals surface area contributed by atoms with Crippen LogP contribution >= 0.6 is 0 Å². The number of hydrogen-bond donors (Lipinski definition) is 11. The first-order valence-corrected chi connectivity index (χ1v) is 20.3. The average Bonchev–Trinajstić information content (AvgIpc) is 3.15. The summed E-state index contributed by atoms with van der Waals surface area (Å²) in [5, 5.41) is 25.1. The van der Waals surface area contributed by atoms with Crippen molar-refractivity contribution in [2.75, 3.05) is 19.7 Å². The molecule has 0 aliphatic heterocycles. The van der Waals surface area contributed by atoms with Crippen LogP contribution in [-0.4, -0.2) is 108 Å². The van der Waals surface area contributed by atoms with Gasteiger partial charge in [0.1, 0.15) is 36.3 Å². The smallest absolute Gasteiger partial charge is 0.243 e. The Labute approximate surface area is 337 Å². The molecule has 7 amide bonds. The summed E-state index contributed by atoms with van der Waals surface area (Å²) in [6.07, 6.45) is 6.81. The molecule has 1 rings (SSSR count). The molecule has 0 spiro atoms. The van der Waals surface area contributed by atoms with E-state index in [0.717, 1.165) is 32.1 Å². The van der Waals surface area contributed by atoms with E-state index in [1.54, 1.807) is 6.92 Å². The number of carbonyl (C=O) groups is 7. The van der Waals surface area contributed by atoms with E-state index in [4.69, 9.17) is 22.9 Å². The second-order valence-electron chi connectivity index (χ2n) is 16.0. The highest BCUT2D eigenvalue weighted by molar-refractivity contribution is 5.96. The van der Waals surface area contributed by atoms with Gasteiger partial charge in [-0.1, -0.05) is 80.1 Å². The molecule has 19 heteroatoms. The maximum Gasteiger partial charge on any atom is 0.243 e. The lowest BCUT2D eigenvalue weighted by atomic mass is 9.84. The highest BCUT2D eigenvalue weighted by Gasteiger charge is 2.33. The first kappa shape index (κ1) is 50.5. The van der Waals surface area contributed by atoms with Gasteiger partial charge in [-0.3, -0.25) is 38.6 Å². The Morgan fingerprint density at radius 3 is 1.74 bits per heavy atom. The van der Waals surface area contributed by atoms with Gasteiger partial charge < -0.3 is 59.9 Å². The van der Waals surface area contributed by atoms with E-state index in [9.17, 15) is 38.7 Å². The van der Waals surface area contributed by atoms with Crippen LogP contribution in [0.1, 0.15) is 112 Å². The molecule has 0 aromatic heterocycles. The summed E-state index contributed by atoms with van der Waals surface area (Å²) in [5.41, 5.74) is 22.2. The highest BCUT2D eigenvalue weighted by Crippen LogP contribution is 2.27. The molecule has 0 saturated heterocycles. The summed E-state index contributed by atoms with van der Waals surface area (Å²) >= 11 is 0. The van der Waals surface area contributed by atoms with Gasteiger partial charge in [-0.05, 0) is 55.8 Å².